The second-order valence-corrected chi connectivity index (χ2v) is 17.5. The maximum Gasteiger partial charge on any atom is 0.416 e. The van der Waals surface area contributed by atoms with E-state index in [2.05, 4.69) is 43.9 Å². The molecule has 4 aromatic rings. The summed E-state index contributed by atoms with van der Waals surface area (Å²) in [6.45, 7) is 11.2. The van der Waals surface area contributed by atoms with Crippen molar-refractivity contribution < 1.29 is 35.2 Å². The number of rotatable bonds is 5. The molecule has 3 aromatic heterocycles. The Kier molecular flexibility index (Phi) is 7.73. The summed E-state index contributed by atoms with van der Waals surface area (Å²) in [4.78, 5) is 4.16. The highest BCUT2D eigenvalue weighted by molar-refractivity contribution is 6.74. The zero-order valence-electron chi connectivity index (χ0n) is 24.5. The normalized spacial score (nSPS) is 18.9. The third kappa shape index (κ3) is 6.33. The van der Waals surface area contributed by atoms with E-state index in [1.807, 2.05) is 10.9 Å². The Morgan fingerprint density at radius 3 is 2.05 bits per heavy atom. The lowest BCUT2D eigenvalue weighted by Crippen LogP contribution is -2.44. The van der Waals surface area contributed by atoms with Crippen molar-refractivity contribution in [3.8, 4) is 22.5 Å². The molecule has 1 saturated carbocycles. The lowest BCUT2D eigenvalue weighted by atomic mass is 9.93. The molecule has 232 valence electrons. The van der Waals surface area contributed by atoms with Gasteiger partial charge in [0.05, 0.1) is 23.4 Å². The van der Waals surface area contributed by atoms with E-state index < -0.39 is 31.8 Å². The Labute approximate surface area is 246 Å². The predicted molar refractivity (Wildman–Crippen MR) is 155 cm³/mol. The second kappa shape index (κ2) is 10.7. The minimum absolute atomic E-state index is 0.0412. The smallest absolute Gasteiger partial charge is 0.416 e. The van der Waals surface area contributed by atoms with Crippen LogP contribution in [0.25, 0.3) is 33.4 Å². The van der Waals surface area contributed by atoms with Gasteiger partial charge in [0.15, 0.2) is 19.7 Å². The van der Waals surface area contributed by atoms with Gasteiger partial charge < -0.3 is 14.6 Å². The lowest BCUT2D eigenvalue weighted by molar-refractivity contribution is -0.143. The number of halogens is 6. The Morgan fingerprint density at radius 2 is 1.49 bits per heavy atom. The van der Waals surface area contributed by atoms with Crippen LogP contribution in [0.2, 0.25) is 18.1 Å². The van der Waals surface area contributed by atoms with Gasteiger partial charge in [-0.1, -0.05) is 20.8 Å². The largest absolute Gasteiger partial charge is 0.452 e. The maximum atomic E-state index is 13.5. The molecule has 2 N–H and O–H groups in total. The van der Waals surface area contributed by atoms with Crippen molar-refractivity contribution in [2.45, 2.75) is 89.1 Å². The average Bonchev–Trinajstić information content (AvgIpc) is 3.56. The Balaban J connectivity index is 1.43. The quantitative estimate of drug-likeness (QED) is 0.177. The van der Waals surface area contributed by atoms with Crippen LogP contribution >= 0.6 is 0 Å². The van der Waals surface area contributed by atoms with E-state index in [9.17, 15) is 26.3 Å². The number of aromatic nitrogens is 3. The van der Waals surface area contributed by atoms with Crippen LogP contribution < -0.4 is 5.73 Å². The third-order valence-electron chi connectivity index (χ3n) is 8.66. The van der Waals surface area contributed by atoms with E-state index >= 15 is 0 Å². The number of fused-ring (bicyclic) bond motifs is 1. The van der Waals surface area contributed by atoms with Gasteiger partial charge >= 0.3 is 12.4 Å². The molecule has 0 bridgehead atoms. The fourth-order valence-electron chi connectivity index (χ4n) is 5.21. The highest BCUT2D eigenvalue weighted by Crippen LogP contribution is 2.43. The topological polar surface area (TPSA) is 79.1 Å². The van der Waals surface area contributed by atoms with Crippen LogP contribution in [0.3, 0.4) is 0 Å². The van der Waals surface area contributed by atoms with Crippen LogP contribution in [0.15, 0.2) is 47.3 Å². The van der Waals surface area contributed by atoms with E-state index in [-0.39, 0.29) is 46.0 Å². The molecule has 1 fully saturated rings. The molecule has 5 rings (SSSR count). The standard InChI is InChI=1S/C30H34F6N4O2Si/c1-28(2,3)43(4,5)42-22-8-6-21(7-9-22)40-16-18(14-39-40)24-15-38-27(37)26-23(24)13-25(41-26)17-10-19(29(31,32)33)12-20(11-17)30(34,35)36/h10-16,21-22H,6-9H2,1-5H3,(H2,37,38). The molecule has 0 spiro atoms. The first-order valence-corrected chi connectivity index (χ1v) is 16.9. The number of anilines is 1. The van der Waals surface area contributed by atoms with E-state index in [0.717, 1.165) is 25.7 Å². The summed E-state index contributed by atoms with van der Waals surface area (Å²) in [5.74, 6) is -0.236. The Morgan fingerprint density at radius 1 is 0.884 bits per heavy atom. The first-order valence-electron chi connectivity index (χ1n) is 14.0. The van der Waals surface area contributed by atoms with Crippen molar-refractivity contribution in [3.63, 3.8) is 0 Å². The van der Waals surface area contributed by atoms with Crippen LogP contribution in [0.1, 0.15) is 63.6 Å². The first-order chi connectivity index (χ1) is 19.8. The molecule has 0 saturated heterocycles. The van der Waals surface area contributed by atoms with E-state index in [1.54, 1.807) is 6.20 Å². The Hall–Kier alpha value is -3.32. The molecule has 0 unspecified atom stereocenters. The summed E-state index contributed by atoms with van der Waals surface area (Å²) in [6.07, 6.45) is -1.12. The molecule has 1 aliphatic carbocycles. The number of furan rings is 1. The molecule has 1 aromatic carbocycles. The van der Waals surface area contributed by atoms with Crippen LogP contribution in [-0.4, -0.2) is 29.2 Å². The molecule has 0 atom stereocenters. The maximum absolute atomic E-state index is 13.5. The van der Waals surface area contributed by atoms with Crippen molar-refractivity contribution >= 4 is 25.1 Å². The monoisotopic (exact) mass is 624 g/mol. The van der Waals surface area contributed by atoms with Crippen LogP contribution in [0.5, 0.6) is 0 Å². The molecule has 0 radical (unpaired) electrons. The van der Waals surface area contributed by atoms with Gasteiger partial charge in [0.25, 0.3) is 0 Å². The number of hydrogen-bond acceptors (Lipinski definition) is 5. The summed E-state index contributed by atoms with van der Waals surface area (Å²) < 4.78 is 95.0. The SMILES string of the molecule is CC(C)(C)[Si](C)(C)OC1CCC(n2cc(-c3cnc(N)c4oc(-c5cc(C(F)(F)F)cc(C(F)(F)F)c5)cc34)cn2)CC1. The highest BCUT2D eigenvalue weighted by atomic mass is 28.4. The molecule has 6 nitrogen and oxygen atoms in total. The van der Waals surface area contributed by atoms with Crippen molar-refractivity contribution in [1.82, 2.24) is 14.8 Å². The zero-order chi connectivity index (χ0) is 31.5. The van der Waals surface area contributed by atoms with E-state index in [0.29, 0.717) is 28.6 Å². The van der Waals surface area contributed by atoms with Gasteiger partial charge in [0.1, 0.15) is 5.76 Å². The molecule has 0 amide bonds. The fraction of sp³-hybridized carbons (Fsp3) is 0.467. The number of nitrogen functional groups attached to an aromatic ring is 1. The zero-order valence-corrected chi connectivity index (χ0v) is 25.5. The third-order valence-corrected chi connectivity index (χ3v) is 13.2. The molecule has 1 aliphatic rings. The van der Waals surface area contributed by atoms with E-state index in [4.69, 9.17) is 14.6 Å². The number of alkyl halides is 6. The van der Waals surface area contributed by atoms with Gasteiger partial charge in [0.2, 0.25) is 0 Å². The van der Waals surface area contributed by atoms with E-state index in [1.165, 1.54) is 12.3 Å². The summed E-state index contributed by atoms with van der Waals surface area (Å²) >= 11 is 0. The summed E-state index contributed by atoms with van der Waals surface area (Å²) in [6, 6.07) is 2.88. The van der Waals surface area contributed by atoms with Crippen molar-refractivity contribution in [2.75, 3.05) is 5.73 Å². The van der Waals surface area contributed by atoms with Gasteiger partial charge in [-0.15, -0.1) is 0 Å². The number of pyridine rings is 1. The minimum atomic E-state index is -4.99. The Bertz CT molecular complexity index is 1590. The van der Waals surface area contributed by atoms with Gasteiger partial charge in [-0.25, -0.2) is 4.98 Å². The predicted octanol–water partition coefficient (Wildman–Crippen LogP) is 9.48. The molecule has 0 aliphatic heterocycles. The van der Waals surface area contributed by atoms with Gasteiger partial charge in [-0.3, -0.25) is 4.68 Å². The number of nitrogens with zero attached hydrogens (tertiary/aromatic N) is 3. The summed E-state index contributed by atoms with van der Waals surface area (Å²) in [7, 11) is -1.87. The highest BCUT2D eigenvalue weighted by Gasteiger charge is 2.40. The summed E-state index contributed by atoms with van der Waals surface area (Å²) in [5, 5.41) is 5.11. The molecule has 3 heterocycles. The van der Waals surface area contributed by atoms with Gasteiger partial charge in [0, 0.05) is 40.6 Å². The molecule has 43 heavy (non-hydrogen) atoms. The summed E-state index contributed by atoms with van der Waals surface area (Å²) in [5.41, 5.74) is 4.03. The number of nitrogens with two attached hydrogens (primary N) is 1. The minimum Gasteiger partial charge on any atom is -0.452 e. The fourth-order valence-corrected chi connectivity index (χ4v) is 6.63. The second-order valence-electron chi connectivity index (χ2n) is 12.7. The number of benzene rings is 1. The first kappa shape index (κ1) is 31.1. The molecule has 13 heteroatoms. The van der Waals surface area contributed by atoms with Crippen LogP contribution in [-0.2, 0) is 16.8 Å². The number of hydrogen-bond donors (Lipinski definition) is 1. The van der Waals surface area contributed by atoms with Gasteiger partial charge in [-0.2, -0.15) is 31.4 Å². The van der Waals surface area contributed by atoms with Crippen molar-refractivity contribution in [1.29, 1.82) is 0 Å². The van der Waals surface area contributed by atoms with Crippen molar-refractivity contribution in [3.05, 3.63) is 54.0 Å². The molecular formula is C30H34F6N4O2Si. The average molecular weight is 625 g/mol. The lowest BCUT2D eigenvalue weighted by Gasteiger charge is -2.41. The van der Waals surface area contributed by atoms with Crippen LogP contribution in [0, 0.1) is 0 Å². The van der Waals surface area contributed by atoms with Gasteiger partial charge in [-0.05, 0) is 68.1 Å². The van der Waals surface area contributed by atoms with Crippen molar-refractivity contribution in [2.24, 2.45) is 0 Å². The van der Waals surface area contributed by atoms with Crippen LogP contribution in [0.4, 0.5) is 32.2 Å². The molecular weight excluding hydrogens is 590 g/mol.